The van der Waals surface area contributed by atoms with Gasteiger partial charge in [0.1, 0.15) is 0 Å². The lowest BCUT2D eigenvalue weighted by Crippen LogP contribution is -2.11. The van der Waals surface area contributed by atoms with E-state index in [1.807, 2.05) is 25.1 Å². The van der Waals surface area contributed by atoms with Crippen molar-refractivity contribution in [3.05, 3.63) is 30.0 Å². The number of nitrogens with zero attached hydrogens (tertiary/aromatic N) is 1. The predicted octanol–water partition coefficient (Wildman–Crippen LogP) is 2.74. The first-order chi connectivity index (χ1) is 12.1. The van der Waals surface area contributed by atoms with Gasteiger partial charge in [0.25, 0.3) is 6.47 Å². The summed E-state index contributed by atoms with van der Waals surface area (Å²) in [5, 5.41) is 10.9. The second-order valence-electron chi connectivity index (χ2n) is 5.60. The summed E-state index contributed by atoms with van der Waals surface area (Å²) in [6.07, 6.45) is 8.79. The van der Waals surface area contributed by atoms with E-state index in [-0.39, 0.29) is 12.4 Å². The van der Waals surface area contributed by atoms with Crippen molar-refractivity contribution in [3.63, 3.8) is 0 Å². The number of amides is 1. The van der Waals surface area contributed by atoms with Crippen molar-refractivity contribution in [1.82, 2.24) is 4.57 Å². The maximum atomic E-state index is 11.9. The van der Waals surface area contributed by atoms with E-state index in [0.717, 1.165) is 41.5 Å². The van der Waals surface area contributed by atoms with E-state index >= 15 is 0 Å². The van der Waals surface area contributed by atoms with Crippen LogP contribution in [-0.4, -0.2) is 28.6 Å². The van der Waals surface area contributed by atoms with Crippen LogP contribution >= 0.6 is 0 Å². The topological polar surface area (TPSA) is 97.4 Å². The first-order valence-corrected chi connectivity index (χ1v) is 8.18. The van der Waals surface area contributed by atoms with E-state index in [9.17, 15) is 4.79 Å². The molecule has 1 amide bonds. The minimum atomic E-state index is -0.250. The molecule has 0 atom stereocenters. The lowest BCUT2D eigenvalue weighted by atomic mass is 10.2. The van der Waals surface area contributed by atoms with Crippen LogP contribution in [-0.2, 0) is 16.1 Å². The van der Waals surface area contributed by atoms with E-state index < -0.39 is 0 Å². The van der Waals surface area contributed by atoms with Gasteiger partial charge in [-0.2, -0.15) is 0 Å². The van der Waals surface area contributed by atoms with E-state index in [1.165, 1.54) is 0 Å². The number of rotatable bonds is 7. The molecule has 0 aliphatic heterocycles. The number of aryl methyl sites for hydroxylation is 1. The number of anilines is 1. The Morgan fingerprint density at radius 3 is 2.72 bits per heavy atom. The molecule has 6 heteroatoms. The maximum absolute atomic E-state index is 11.9. The zero-order chi connectivity index (χ0) is 18.7. The molecular formula is C19H25N3O3. The Labute approximate surface area is 148 Å². The van der Waals surface area contributed by atoms with Gasteiger partial charge in [-0.15, -0.1) is 6.42 Å². The van der Waals surface area contributed by atoms with Crippen molar-refractivity contribution in [2.75, 3.05) is 11.9 Å². The number of nitrogens with two attached hydrogens (primary N) is 1. The van der Waals surface area contributed by atoms with Gasteiger partial charge in [-0.1, -0.05) is 12.3 Å². The van der Waals surface area contributed by atoms with Gasteiger partial charge in [-0.05, 0) is 50.6 Å². The minimum absolute atomic E-state index is 0.0520. The summed E-state index contributed by atoms with van der Waals surface area (Å²) >= 11 is 0. The van der Waals surface area contributed by atoms with Gasteiger partial charge in [-0.25, -0.2) is 0 Å². The van der Waals surface area contributed by atoms with Crippen LogP contribution in [0.1, 0.15) is 31.4 Å². The molecule has 1 aromatic heterocycles. The minimum Gasteiger partial charge on any atom is -0.483 e. The summed E-state index contributed by atoms with van der Waals surface area (Å²) in [5.41, 5.74) is 8.49. The molecular weight excluding hydrogens is 318 g/mol. The Hall–Kier alpha value is -2.78. The molecule has 4 N–H and O–H groups in total. The monoisotopic (exact) mass is 343 g/mol. The molecule has 0 saturated carbocycles. The molecule has 0 aliphatic carbocycles. The van der Waals surface area contributed by atoms with Crippen molar-refractivity contribution in [2.45, 2.75) is 39.2 Å². The molecule has 0 spiro atoms. The van der Waals surface area contributed by atoms with Crippen LogP contribution < -0.4 is 11.1 Å². The Morgan fingerprint density at radius 1 is 1.36 bits per heavy atom. The average Bonchev–Trinajstić information content (AvgIpc) is 2.88. The number of carboxylic acid groups (broad SMARTS) is 1. The van der Waals surface area contributed by atoms with Crippen LogP contribution in [0.15, 0.2) is 24.3 Å². The fraction of sp³-hybridized carbons (Fsp3) is 0.368. The molecule has 0 saturated heterocycles. The molecule has 0 unspecified atom stereocenters. The van der Waals surface area contributed by atoms with E-state index in [1.54, 1.807) is 0 Å². The first-order valence-electron chi connectivity index (χ1n) is 8.18. The second kappa shape index (κ2) is 10.9. The number of benzene rings is 1. The molecule has 0 radical (unpaired) electrons. The van der Waals surface area contributed by atoms with Crippen LogP contribution in [0.4, 0.5) is 5.69 Å². The summed E-state index contributed by atoms with van der Waals surface area (Å²) in [6, 6.07) is 8.01. The number of aromatic nitrogens is 1. The van der Waals surface area contributed by atoms with Gasteiger partial charge in [0.2, 0.25) is 5.91 Å². The Morgan fingerprint density at radius 2 is 2.08 bits per heavy atom. The van der Waals surface area contributed by atoms with Crippen LogP contribution in [0, 0.1) is 19.3 Å². The lowest BCUT2D eigenvalue weighted by Gasteiger charge is -2.07. The Bertz CT molecular complexity index is 744. The zero-order valence-corrected chi connectivity index (χ0v) is 14.5. The summed E-state index contributed by atoms with van der Waals surface area (Å²) in [5.74, 6) is 2.72. The van der Waals surface area contributed by atoms with Gasteiger partial charge in [0.15, 0.2) is 0 Å². The molecule has 0 bridgehead atoms. The normalized spacial score (nSPS) is 9.80. The number of unbranched alkanes of at least 4 members (excludes halogenated alkanes) is 2. The molecule has 1 aromatic carbocycles. The summed E-state index contributed by atoms with van der Waals surface area (Å²) in [6.45, 7) is 3.03. The van der Waals surface area contributed by atoms with Crippen molar-refractivity contribution < 1.29 is 14.7 Å². The molecule has 25 heavy (non-hydrogen) atoms. The number of hydrogen-bond donors (Lipinski definition) is 3. The van der Waals surface area contributed by atoms with E-state index in [2.05, 4.69) is 21.9 Å². The number of hydrogen-bond acceptors (Lipinski definition) is 3. The van der Waals surface area contributed by atoms with Crippen LogP contribution in [0.25, 0.3) is 10.9 Å². The quantitative estimate of drug-likeness (QED) is 0.409. The third-order valence-electron chi connectivity index (χ3n) is 3.75. The molecule has 2 aromatic rings. The highest BCUT2D eigenvalue weighted by atomic mass is 16.3. The number of carbonyl (C=O) groups is 2. The first kappa shape index (κ1) is 20.3. The molecule has 0 fully saturated rings. The van der Waals surface area contributed by atoms with Gasteiger partial charge < -0.3 is 20.7 Å². The van der Waals surface area contributed by atoms with E-state index in [0.29, 0.717) is 19.5 Å². The molecule has 0 aliphatic rings. The molecule has 6 nitrogen and oxygen atoms in total. The number of fused-ring (bicyclic) bond motifs is 1. The predicted molar refractivity (Wildman–Crippen MR) is 100 cm³/mol. The smallest absolute Gasteiger partial charge is 0.290 e. The van der Waals surface area contributed by atoms with Crippen molar-refractivity contribution in [3.8, 4) is 12.3 Å². The molecule has 2 rings (SSSR count). The molecule has 1 heterocycles. The number of nitrogens with one attached hydrogen (secondary N) is 1. The van der Waals surface area contributed by atoms with Crippen molar-refractivity contribution >= 4 is 29.0 Å². The van der Waals surface area contributed by atoms with Crippen LogP contribution in [0.2, 0.25) is 0 Å². The highest BCUT2D eigenvalue weighted by Crippen LogP contribution is 2.23. The standard InChI is InChI=1S/C18H23N3O.CH2O2/c1-3-11-21-14(2)12-15-13-16(8-9-17(15)21)20-18(22)7-5-4-6-10-19;2-1-3/h1,8-9,12-13H,4-7,10-11,19H2,2H3,(H,20,22);1H,(H,2,3). The second-order valence-corrected chi connectivity index (χ2v) is 5.60. The van der Waals surface area contributed by atoms with Crippen molar-refractivity contribution in [1.29, 1.82) is 0 Å². The largest absolute Gasteiger partial charge is 0.483 e. The lowest BCUT2D eigenvalue weighted by molar-refractivity contribution is -0.123. The highest BCUT2D eigenvalue weighted by Gasteiger charge is 2.07. The Kier molecular flexibility index (Phi) is 8.83. The third-order valence-corrected chi connectivity index (χ3v) is 3.75. The fourth-order valence-electron chi connectivity index (χ4n) is 2.62. The summed E-state index contributed by atoms with van der Waals surface area (Å²) in [4.78, 5) is 20.3. The number of carbonyl (C=O) groups excluding carboxylic acids is 1. The van der Waals surface area contributed by atoms with Gasteiger partial charge in [0.05, 0.1) is 6.54 Å². The van der Waals surface area contributed by atoms with Gasteiger partial charge >= 0.3 is 0 Å². The van der Waals surface area contributed by atoms with Crippen molar-refractivity contribution in [2.24, 2.45) is 5.73 Å². The molecule has 134 valence electrons. The number of terminal acetylenes is 1. The highest BCUT2D eigenvalue weighted by molar-refractivity contribution is 5.94. The SMILES string of the molecule is C#CCn1c(C)cc2cc(NC(=O)CCCCCN)ccc21.O=CO. The van der Waals surface area contributed by atoms with Crippen LogP contribution in [0.3, 0.4) is 0 Å². The Balaban J connectivity index is 0.000000970. The maximum Gasteiger partial charge on any atom is 0.290 e. The van der Waals surface area contributed by atoms with Gasteiger partial charge in [-0.3, -0.25) is 9.59 Å². The zero-order valence-electron chi connectivity index (χ0n) is 14.5. The van der Waals surface area contributed by atoms with Crippen LogP contribution in [0.5, 0.6) is 0 Å². The average molecular weight is 343 g/mol. The van der Waals surface area contributed by atoms with Gasteiger partial charge in [0, 0.05) is 28.7 Å². The fourth-order valence-corrected chi connectivity index (χ4v) is 2.62. The third kappa shape index (κ3) is 6.32. The summed E-state index contributed by atoms with van der Waals surface area (Å²) in [7, 11) is 0. The van der Waals surface area contributed by atoms with E-state index in [4.69, 9.17) is 22.1 Å². The summed E-state index contributed by atoms with van der Waals surface area (Å²) < 4.78 is 2.09.